The van der Waals surface area contributed by atoms with Crippen LogP contribution in [0.3, 0.4) is 0 Å². The molecule has 60 valence electrons. The molecule has 2 bridgehead atoms. The molecule has 0 aromatic rings. The van der Waals surface area contributed by atoms with Gasteiger partial charge in [-0.3, -0.25) is 4.79 Å². The highest BCUT2D eigenvalue weighted by Gasteiger charge is 2.40. The molecule has 0 saturated heterocycles. The lowest BCUT2D eigenvalue weighted by atomic mass is 9.94. The average Bonchev–Trinajstić information content (AvgIpc) is 2.62. The third-order valence-corrected chi connectivity index (χ3v) is 2.78. The van der Waals surface area contributed by atoms with E-state index in [1.165, 1.54) is 13.5 Å². The van der Waals surface area contributed by atoms with Crippen LogP contribution in [0.15, 0.2) is 12.2 Å². The first-order chi connectivity index (χ1) is 5.31. The molecule has 2 nitrogen and oxygen atoms in total. The van der Waals surface area contributed by atoms with Crippen molar-refractivity contribution >= 4 is 5.97 Å². The zero-order chi connectivity index (χ0) is 7.84. The molecular formula is C9H12O2. The van der Waals surface area contributed by atoms with Crippen molar-refractivity contribution in [2.75, 3.05) is 7.11 Å². The summed E-state index contributed by atoms with van der Waals surface area (Å²) in [7, 11) is 1.47. The minimum absolute atomic E-state index is 0.0261. The molecule has 0 radical (unpaired) electrons. The summed E-state index contributed by atoms with van der Waals surface area (Å²) in [5.74, 6) is 1.27. The summed E-state index contributed by atoms with van der Waals surface area (Å²) < 4.78 is 4.71. The van der Waals surface area contributed by atoms with Gasteiger partial charge in [0.05, 0.1) is 13.0 Å². The molecule has 0 aromatic carbocycles. The van der Waals surface area contributed by atoms with Crippen molar-refractivity contribution in [3.63, 3.8) is 0 Å². The summed E-state index contributed by atoms with van der Waals surface area (Å²) in [6, 6.07) is 0. The van der Waals surface area contributed by atoms with Crippen molar-refractivity contribution in [2.45, 2.75) is 12.8 Å². The van der Waals surface area contributed by atoms with Crippen LogP contribution in [0.1, 0.15) is 12.8 Å². The number of esters is 1. The van der Waals surface area contributed by atoms with Gasteiger partial charge in [-0.1, -0.05) is 12.2 Å². The second kappa shape index (κ2) is 2.36. The summed E-state index contributed by atoms with van der Waals surface area (Å²) in [5.41, 5.74) is 0. The van der Waals surface area contributed by atoms with E-state index in [0.29, 0.717) is 11.8 Å². The Morgan fingerprint density at radius 3 is 2.73 bits per heavy atom. The van der Waals surface area contributed by atoms with Gasteiger partial charge in [0.15, 0.2) is 0 Å². The van der Waals surface area contributed by atoms with Crippen LogP contribution in [0.4, 0.5) is 0 Å². The quantitative estimate of drug-likeness (QED) is 0.419. The summed E-state index contributed by atoms with van der Waals surface area (Å²) in [4.78, 5) is 11.1. The van der Waals surface area contributed by atoms with E-state index in [4.69, 9.17) is 4.74 Å². The standard InChI is InChI=1S/C9H12O2/c1-11-9(10)8-5-6-2-3-7(8)4-6/h2-3,6-8H,4-5H2,1H3/t6-,7-,8-/m0/s1. The molecule has 0 aromatic heterocycles. The van der Waals surface area contributed by atoms with E-state index in [1.807, 2.05) is 0 Å². The van der Waals surface area contributed by atoms with Gasteiger partial charge in [0, 0.05) is 0 Å². The number of hydrogen-bond donors (Lipinski definition) is 0. The van der Waals surface area contributed by atoms with Gasteiger partial charge in [-0.25, -0.2) is 0 Å². The molecule has 0 spiro atoms. The molecule has 3 atom stereocenters. The Balaban J connectivity index is 2.08. The van der Waals surface area contributed by atoms with E-state index in [9.17, 15) is 4.79 Å². The van der Waals surface area contributed by atoms with E-state index in [0.717, 1.165) is 6.42 Å². The molecule has 2 aliphatic rings. The van der Waals surface area contributed by atoms with Gasteiger partial charge in [0.1, 0.15) is 0 Å². The van der Waals surface area contributed by atoms with Gasteiger partial charge in [-0.2, -0.15) is 0 Å². The molecule has 2 heteroatoms. The second-order valence-electron chi connectivity index (χ2n) is 3.41. The van der Waals surface area contributed by atoms with Crippen LogP contribution in [0.2, 0.25) is 0 Å². The van der Waals surface area contributed by atoms with Gasteiger partial charge in [-0.15, -0.1) is 0 Å². The van der Waals surface area contributed by atoms with E-state index in [2.05, 4.69) is 12.2 Å². The van der Waals surface area contributed by atoms with Crippen LogP contribution < -0.4 is 0 Å². The summed E-state index contributed by atoms with van der Waals surface area (Å²) in [6.07, 6.45) is 6.56. The first-order valence-electron chi connectivity index (χ1n) is 4.07. The molecule has 11 heavy (non-hydrogen) atoms. The topological polar surface area (TPSA) is 26.3 Å². The zero-order valence-electron chi connectivity index (χ0n) is 6.62. The Hall–Kier alpha value is -0.790. The van der Waals surface area contributed by atoms with Crippen molar-refractivity contribution < 1.29 is 9.53 Å². The fourth-order valence-corrected chi connectivity index (χ4v) is 2.20. The first-order valence-corrected chi connectivity index (χ1v) is 4.07. The van der Waals surface area contributed by atoms with Crippen LogP contribution in [0, 0.1) is 17.8 Å². The molecule has 0 aliphatic heterocycles. The van der Waals surface area contributed by atoms with E-state index in [-0.39, 0.29) is 11.9 Å². The molecular weight excluding hydrogens is 140 g/mol. The predicted molar refractivity (Wildman–Crippen MR) is 40.9 cm³/mol. The largest absolute Gasteiger partial charge is 0.469 e. The second-order valence-corrected chi connectivity index (χ2v) is 3.41. The highest BCUT2D eigenvalue weighted by atomic mass is 16.5. The smallest absolute Gasteiger partial charge is 0.309 e. The minimum atomic E-state index is -0.0261. The van der Waals surface area contributed by atoms with Gasteiger partial charge in [0.2, 0.25) is 0 Å². The molecule has 2 aliphatic carbocycles. The fourth-order valence-electron chi connectivity index (χ4n) is 2.20. The Labute approximate surface area is 66.2 Å². The first kappa shape index (κ1) is 6.89. The normalized spacial score (nSPS) is 39.5. The summed E-state index contributed by atoms with van der Waals surface area (Å²) in [6.45, 7) is 0. The van der Waals surface area contributed by atoms with Gasteiger partial charge in [-0.05, 0) is 24.7 Å². The summed E-state index contributed by atoms with van der Waals surface area (Å²) in [5, 5.41) is 0. The van der Waals surface area contributed by atoms with Crippen molar-refractivity contribution in [1.29, 1.82) is 0 Å². The maximum absolute atomic E-state index is 11.1. The Morgan fingerprint density at radius 1 is 1.45 bits per heavy atom. The number of ether oxygens (including phenoxy) is 1. The Morgan fingerprint density at radius 2 is 2.27 bits per heavy atom. The van der Waals surface area contributed by atoms with E-state index in [1.54, 1.807) is 0 Å². The lowest BCUT2D eigenvalue weighted by Gasteiger charge is -2.14. The maximum Gasteiger partial charge on any atom is 0.309 e. The number of fused-ring (bicyclic) bond motifs is 2. The fraction of sp³-hybridized carbons (Fsp3) is 0.667. The molecule has 1 fully saturated rings. The predicted octanol–water partition coefficient (Wildman–Crippen LogP) is 1.37. The average molecular weight is 152 g/mol. The monoisotopic (exact) mass is 152 g/mol. The molecule has 0 unspecified atom stereocenters. The van der Waals surface area contributed by atoms with Crippen LogP contribution in [-0.2, 0) is 9.53 Å². The third-order valence-electron chi connectivity index (χ3n) is 2.78. The number of methoxy groups -OCH3 is 1. The molecule has 1 saturated carbocycles. The Bertz CT molecular complexity index is 208. The number of hydrogen-bond acceptors (Lipinski definition) is 2. The SMILES string of the molecule is COC(=O)[C@H]1C[C@H]2C=C[C@H]1C2. The maximum atomic E-state index is 11.1. The van der Waals surface area contributed by atoms with Crippen LogP contribution in [0.5, 0.6) is 0 Å². The van der Waals surface area contributed by atoms with Crippen LogP contribution >= 0.6 is 0 Å². The minimum Gasteiger partial charge on any atom is -0.469 e. The summed E-state index contributed by atoms with van der Waals surface area (Å²) >= 11 is 0. The zero-order valence-corrected chi connectivity index (χ0v) is 6.62. The number of rotatable bonds is 1. The molecule has 0 N–H and O–H groups in total. The van der Waals surface area contributed by atoms with Gasteiger partial charge < -0.3 is 4.74 Å². The van der Waals surface area contributed by atoms with E-state index >= 15 is 0 Å². The van der Waals surface area contributed by atoms with Crippen molar-refractivity contribution in [3.05, 3.63) is 12.2 Å². The van der Waals surface area contributed by atoms with Crippen LogP contribution in [-0.4, -0.2) is 13.1 Å². The van der Waals surface area contributed by atoms with E-state index < -0.39 is 0 Å². The number of allylic oxidation sites excluding steroid dienone is 2. The lowest BCUT2D eigenvalue weighted by Crippen LogP contribution is -2.19. The number of carbonyl (C=O) groups excluding carboxylic acids is 1. The highest BCUT2D eigenvalue weighted by molar-refractivity contribution is 5.73. The Kier molecular flexibility index (Phi) is 1.48. The molecule has 0 amide bonds. The van der Waals surface area contributed by atoms with Crippen LogP contribution in [0.25, 0.3) is 0 Å². The molecule has 0 heterocycles. The highest BCUT2D eigenvalue weighted by Crippen LogP contribution is 2.43. The van der Waals surface area contributed by atoms with Crippen molar-refractivity contribution in [2.24, 2.45) is 17.8 Å². The third kappa shape index (κ3) is 0.971. The van der Waals surface area contributed by atoms with Gasteiger partial charge in [0.25, 0.3) is 0 Å². The van der Waals surface area contributed by atoms with Crippen molar-refractivity contribution in [3.8, 4) is 0 Å². The lowest BCUT2D eigenvalue weighted by molar-refractivity contribution is -0.146. The molecule has 2 rings (SSSR count). The van der Waals surface area contributed by atoms with Gasteiger partial charge >= 0.3 is 5.97 Å². The van der Waals surface area contributed by atoms with Crippen molar-refractivity contribution in [1.82, 2.24) is 0 Å². The number of carbonyl (C=O) groups is 1.